The van der Waals surface area contributed by atoms with Gasteiger partial charge in [-0.1, -0.05) is 0 Å². The van der Waals surface area contributed by atoms with Gasteiger partial charge in [0, 0.05) is 6.07 Å². The first-order chi connectivity index (χ1) is 8.04. The van der Waals surface area contributed by atoms with E-state index < -0.39 is 5.82 Å². The minimum atomic E-state index is -0.612. The molecule has 1 heterocycles. The van der Waals surface area contributed by atoms with E-state index in [4.69, 9.17) is 10.5 Å². The van der Waals surface area contributed by atoms with Gasteiger partial charge in [0.15, 0.2) is 11.5 Å². The molecule has 0 saturated carbocycles. The lowest BCUT2D eigenvalue weighted by atomic mass is 10.1. The number of methoxy groups -OCH3 is 1. The Labute approximate surface area is 105 Å². The topological polar surface area (TPSA) is 84.2 Å². The summed E-state index contributed by atoms with van der Waals surface area (Å²) in [5, 5.41) is 16.1. The van der Waals surface area contributed by atoms with Crippen LogP contribution in [0, 0.1) is 5.82 Å². The van der Waals surface area contributed by atoms with Crippen molar-refractivity contribution in [3.05, 3.63) is 22.4 Å². The van der Waals surface area contributed by atoms with Crippen LogP contribution in [0.25, 0.3) is 11.3 Å². The molecule has 1 aromatic heterocycles. The molecule has 0 radical (unpaired) electrons. The van der Waals surface area contributed by atoms with Crippen molar-refractivity contribution in [2.24, 2.45) is 0 Å². The zero-order chi connectivity index (χ0) is 12.6. The Hall–Kier alpha value is -1.76. The van der Waals surface area contributed by atoms with Gasteiger partial charge in [-0.25, -0.2) is 4.39 Å². The minimum Gasteiger partial charge on any atom is -0.504 e. The van der Waals surface area contributed by atoms with E-state index in [0.29, 0.717) is 4.47 Å². The number of ether oxygens (including phenoxy) is 1. The summed E-state index contributed by atoms with van der Waals surface area (Å²) in [6, 6.07) is 2.62. The largest absolute Gasteiger partial charge is 0.504 e. The molecule has 0 unspecified atom stereocenters. The van der Waals surface area contributed by atoms with Gasteiger partial charge in [0.25, 0.3) is 0 Å². The lowest BCUT2D eigenvalue weighted by molar-refractivity contribution is 0.369. The summed E-state index contributed by atoms with van der Waals surface area (Å²) in [5.74, 6) is -0.572. The first-order valence-corrected chi connectivity index (χ1v) is 5.40. The zero-order valence-electron chi connectivity index (χ0n) is 8.79. The second-order valence-electron chi connectivity index (χ2n) is 3.30. The van der Waals surface area contributed by atoms with Crippen LogP contribution in [-0.4, -0.2) is 22.4 Å². The molecule has 5 nitrogen and oxygen atoms in total. The van der Waals surface area contributed by atoms with E-state index in [1.54, 1.807) is 0 Å². The van der Waals surface area contributed by atoms with Crippen LogP contribution < -0.4 is 10.5 Å². The third kappa shape index (κ3) is 1.93. The van der Waals surface area contributed by atoms with Gasteiger partial charge in [-0.05, 0) is 22.0 Å². The molecule has 0 atom stereocenters. The zero-order valence-corrected chi connectivity index (χ0v) is 10.4. The molecule has 90 valence electrons. The Balaban J connectivity index is 2.69. The van der Waals surface area contributed by atoms with Gasteiger partial charge in [0.05, 0.1) is 22.8 Å². The maximum atomic E-state index is 13.8. The van der Waals surface area contributed by atoms with Crippen molar-refractivity contribution in [1.29, 1.82) is 0 Å². The molecule has 17 heavy (non-hydrogen) atoms. The molecule has 0 amide bonds. The van der Waals surface area contributed by atoms with Crippen LogP contribution in [-0.2, 0) is 0 Å². The Morgan fingerprint density at radius 3 is 2.76 bits per heavy atom. The van der Waals surface area contributed by atoms with Gasteiger partial charge in [0.2, 0.25) is 0 Å². The monoisotopic (exact) mass is 301 g/mol. The molecule has 0 spiro atoms. The summed E-state index contributed by atoms with van der Waals surface area (Å²) in [6.07, 6.45) is 0. The van der Waals surface area contributed by atoms with E-state index in [1.807, 2.05) is 0 Å². The molecule has 0 fully saturated rings. The fourth-order valence-corrected chi connectivity index (χ4v) is 2.06. The van der Waals surface area contributed by atoms with Gasteiger partial charge in [-0.3, -0.25) is 5.10 Å². The van der Waals surface area contributed by atoms with Gasteiger partial charge in [-0.15, -0.1) is 0 Å². The highest BCUT2D eigenvalue weighted by molar-refractivity contribution is 9.10. The standard InChI is InChI=1S/C10H9BrFN3O2/c1-17-10-4(11)2-5(12)8(9(10)16)6-3-7(13)15-14-6/h2-3,16H,1H3,(H3,13,14,15). The minimum absolute atomic E-state index is 0.0331. The van der Waals surface area contributed by atoms with E-state index in [1.165, 1.54) is 19.2 Å². The van der Waals surface area contributed by atoms with Crippen LogP contribution in [0.15, 0.2) is 16.6 Å². The molecule has 2 aromatic rings. The first kappa shape index (κ1) is 11.7. The number of hydrogen-bond donors (Lipinski definition) is 3. The van der Waals surface area contributed by atoms with Crippen molar-refractivity contribution in [2.45, 2.75) is 0 Å². The molecule has 0 bridgehead atoms. The average molecular weight is 302 g/mol. The summed E-state index contributed by atoms with van der Waals surface area (Å²) >= 11 is 3.09. The van der Waals surface area contributed by atoms with Gasteiger partial charge < -0.3 is 15.6 Å². The Morgan fingerprint density at radius 1 is 1.53 bits per heavy atom. The predicted octanol–water partition coefficient (Wildman–Crippen LogP) is 2.27. The number of phenolic OH excluding ortho intramolecular Hbond substituents is 1. The third-order valence-electron chi connectivity index (χ3n) is 2.23. The number of H-pyrrole nitrogens is 1. The molecule has 0 aliphatic rings. The van der Waals surface area contributed by atoms with Crippen LogP contribution in [0.1, 0.15) is 0 Å². The van der Waals surface area contributed by atoms with E-state index >= 15 is 0 Å². The highest BCUT2D eigenvalue weighted by Gasteiger charge is 2.20. The molecule has 0 aliphatic heterocycles. The second-order valence-corrected chi connectivity index (χ2v) is 4.16. The summed E-state index contributed by atoms with van der Waals surface area (Å²) in [7, 11) is 1.38. The van der Waals surface area contributed by atoms with Gasteiger partial charge >= 0.3 is 0 Å². The molecule has 1 aromatic carbocycles. The van der Waals surface area contributed by atoms with Crippen LogP contribution in [0.5, 0.6) is 11.5 Å². The molecular weight excluding hydrogens is 293 g/mol. The number of hydrogen-bond acceptors (Lipinski definition) is 4. The van der Waals surface area contributed by atoms with Crippen molar-refractivity contribution in [2.75, 3.05) is 12.8 Å². The fourth-order valence-electron chi connectivity index (χ4n) is 1.50. The van der Waals surface area contributed by atoms with Crippen molar-refractivity contribution in [3.63, 3.8) is 0 Å². The van der Waals surface area contributed by atoms with Gasteiger partial charge in [-0.2, -0.15) is 5.10 Å². The van der Waals surface area contributed by atoms with Crippen LogP contribution in [0.4, 0.5) is 10.2 Å². The molecule has 0 aliphatic carbocycles. The number of nitrogens with one attached hydrogen (secondary N) is 1. The number of halogens is 2. The number of nitrogen functional groups attached to an aromatic ring is 1. The smallest absolute Gasteiger partial charge is 0.175 e. The number of anilines is 1. The maximum Gasteiger partial charge on any atom is 0.175 e. The lowest BCUT2D eigenvalue weighted by Crippen LogP contribution is -1.92. The number of rotatable bonds is 2. The Morgan fingerprint density at radius 2 is 2.24 bits per heavy atom. The summed E-state index contributed by atoms with van der Waals surface area (Å²) < 4.78 is 19.1. The van der Waals surface area contributed by atoms with Crippen molar-refractivity contribution in [1.82, 2.24) is 10.2 Å². The Bertz CT molecular complexity index is 571. The fraction of sp³-hybridized carbons (Fsp3) is 0.100. The number of phenols is 1. The first-order valence-electron chi connectivity index (χ1n) is 4.60. The molecule has 4 N–H and O–H groups in total. The number of aromatic nitrogens is 2. The van der Waals surface area contributed by atoms with Crippen molar-refractivity contribution >= 4 is 21.7 Å². The number of aromatic amines is 1. The summed E-state index contributed by atoms with van der Waals surface area (Å²) in [4.78, 5) is 0. The highest BCUT2D eigenvalue weighted by Crippen LogP contribution is 2.43. The molecular formula is C10H9BrFN3O2. The lowest BCUT2D eigenvalue weighted by Gasteiger charge is -2.10. The molecule has 7 heteroatoms. The SMILES string of the molecule is COc1c(Br)cc(F)c(-c2cc(N)n[nH]2)c1O. The van der Waals surface area contributed by atoms with E-state index in [9.17, 15) is 9.50 Å². The van der Waals surface area contributed by atoms with E-state index in [0.717, 1.165) is 0 Å². The van der Waals surface area contributed by atoms with E-state index in [-0.39, 0.29) is 28.6 Å². The van der Waals surface area contributed by atoms with E-state index in [2.05, 4.69) is 26.1 Å². The van der Waals surface area contributed by atoms with Crippen molar-refractivity contribution < 1.29 is 14.2 Å². The number of nitrogens with two attached hydrogens (primary N) is 1. The summed E-state index contributed by atoms with van der Waals surface area (Å²) in [5.41, 5.74) is 5.68. The maximum absolute atomic E-state index is 13.8. The quantitative estimate of drug-likeness (QED) is 0.794. The third-order valence-corrected chi connectivity index (χ3v) is 2.82. The second kappa shape index (κ2) is 4.25. The molecule has 2 rings (SSSR count). The summed E-state index contributed by atoms with van der Waals surface area (Å²) in [6.45, 7) is 0. The number of nitrogens with zero attached hydrogens (tertiary/aromatic N) is 1. The average Bonchev–Trinajstić information content (AvgIpc) is 2.64. The predicted molar refractivity (Wildman–Crippen MR) is 64.3 cm³/mol. The van der Waals surface area contributed by atoms with Crippen LogP contribution >= 0.6 is 15.9 Å². The molecule has 0 saturated heterocycles. The van der Waals surface area contributed by atoms with Crippen molar-refractivity contribution in [3.8, 4) is 22.8 Å². The highest BCUT2D eigenvalue weighted by atomic mass is 79.9. The van der Waals surface area contributed by atoms with Crippen LogP contribution in [0.3, 0.4) is 0 Å². The Kier molecular flexibility index (Phi) is 2.93. The number of benzene rings is 1. The van der Waals surface area contributed by atoms with Gasteiger partial charge in [0.1, 0.15) is 11.6 Å². The number of aromatic hydroxyl groups is 1. The normalized spacial score (nSPS) is 10.5. The van der Waals surface area contributed by atoms with Crippen LogP contribution in [0.2, 0.25) is 0 Å².